The summed E-state index contributed by atoms with van der Waals surface area (Å²) < 4.78 is 121. The number of hydrogen-bond acceptors (Lipinski definition) is 5. The van der Waals surface area contributed by atoms with Gasteiger partial charge in [-0.05, 0) is 37.5 Å². The van der Waals surface area contributed by atoms with Gasteiger partial charge in [-0.15, -0.1) is 0 Å². The van der Waals surface area contributed by atoms with Crippen molar-refractivity contribution in [1.29, 1.82) is 0 Å². The predicted octanol–water partition coefficient (Wildman–Crippen LogP) is 3.99. The summed E-state index contributed by atoms with van der Waals surface area (Å²) in [5.41, 5.74) is -3.63. The summed E-state index contributed by atoms with van der Waals surface area (Å²) in [4.78, 5) is -1.04. The van der Waals surface area contributed by atoms with E-state index >= 15 is 0 Å². The molecular weight excluding hydrogens is 493 g/mol. The van der Waals surface area contributed by atoms with Gasteiger partial charge in [0.25, 0.3) is 19.1 Å². The molecule has 0 radical (unpaired) electrons. The van der Waals surface area contributed by atoms with E-state index in [-0.39, 0.29) is 10.5 Å². The van der Waals surface area contributed by atoms with Gasteiger partial charge in [-0.1, -0.05) is 17.7 Å². The van der Waals surface area contributed by atoms with Crippen LogP contribution < -0.4 is 0 Å². The van der Waals surface area contributed by atoms with Crippen LogP contribution in [0.3, 0.4) is 0 Å². The molecule has 2 aromatic rings. The average Bonchev–Trinajstić information content (AvgIpc) is 3.00. The molecule has 1 atom stereocenters. The molecule has 1 aromatic heterocycles. The number of benzene rings is 1. The lowest BCUT2D eigenvalue weighted by atomic mass is 9.83. The summed E-state index contributed by atoms with van der Waals surface area (Å²) in [6.07, 6.45) is -7.77. The third-order valence-electron chi connectivity index (χ3n) is 5.05. The number of aromatic nitrogens is 1. The van der Waals surface area contributed by atoms with E-state index in [0.717, 1.165) is 0 Å². The second-order valence-electron chi connectivity index (χ2n) is 7.02. The molecule has 0 bridgehead atoms. The van der Waals surface area contributed by atoms with Gasteiger partial charge < -0.3 is 4.74 Å². The highest BCUT2D eigenvalue weighted by molar-refractivity contribution is 8.13. The van der Waals surface area contributed by atoms with E-state index in [2.05, 4.69) is 4.74 Å². The van der Waals surface area contributed by atoms with Crippen molar-refractivity contribution < 1.29 is 43.5 Å². The molecule has 6 nitrogen and oxygen atoms in total. The molecule has 0 N–H and O–H groups in total. The summed E-state index contributed by atoms with van der Waals surface area (Å²) >= 11 is 0. The standard InChI is InChI=1S/C17H15ClF5NO5S2/c1-10-2-4-11(5-3-10)31(27,28)24-9-14(30(18,25)26)12-6-7-16(8-13(12)24,17(21,22)23)29-15(19)20/h2-5,9,15H,6-8H2,1H3. The predicted molar refractivity (Wildman–Crippen MR) is 99.1 cm³/mol. The highest BCUT2D eigenvalue weighted by Crippen LogP contribution is 2.47. The highest BCUT2D eigenvalue weighted by atomic mass is 35.7. The second-order valence-corrected chi connectivity index (χ2v) is 11.4. The molecule has 1 aliphatic rings. The zero-order chi connectivity index (χ0) is 23.4. The van der Waals surface area contributed by atoms with Crippen molar-refractivity contribution in [3.8, 4) is 0 Å². The zero-order valence-corrected chi connectivity index (χ0v) is 18.0. The van der Waals surface area contributed by atoms with Gasteiger partial charge in [-0.2, -0.15) is 22.0 Å². The van der Waals surface area contributed by atoms with Crippen LogP contribution in [0.5, 0.6) is 0 Å². The Bertz CT molecular complexity index is 1210. The molecule has 0 spiro atoms. The van der Waals surface area contributed by atoms with Gasteiger partial charge in [0.05, 0.1) is 4.90 Å². The van der Waals surface area contributed by atoms with E-state index in [1.54, 1.807) is 6.92 Å². The smallest absolute Gasteiger partial charge is 0.306 e. The minimum atomic E-state index is -5.29. The topological polar surface area (TPSA) is 82.4 Å². The maximum absolute atomic E-state index is 13.7. The van der Waals surface area contributed by atoms with Crippen LogP contribution in [0.15, 0.2) is 40.3 Å². The van der Waals surface area contributed by atoms with Crippen LogP contribution in [0.2, 0.25) is 0 Å². The molecule has 0 saturated heterocycles. The Labute approximate surface area is 179 Å². The molecule has 0 fully saturated rings. The Morgan fingerprint density at radius 2 is 1.71 bits per heavy atom. The summed E-state index contributed by atoms with van der Waals surface area (Å²) in [5.74, 6) is 0. The van der Waals surface area contributed by atoms with Crippen molar-refractivity contribution in [2.24, 2.45) is 0 Å². The fraction of sp³-hybridized carbons (Fsp3) is 0.412. The van der Waals surface area contributed by atoms with Gasteiger partial charge >= 0.3 is 12.8 Å². The molecule has 14 heteroatoms. The van der Waals surface area contributed by atoms with Crippen LogP contribution in [0.4, 0.5) is 22.0 Å². The molecule has 1 heterocycles. The van der Waals surface area contributed by atoms with E-state index in [4.69, 9.17) is 10.7 Å². The van der Waals surface area contributed by atoms with Crippen molar-refractivity contribution in [3.63, 3.8) is 0 Å². The lowest BCUT2D eigenvalue weighted by Crippen LogP contribution is -2.53. The Hall–Kier alpha value is -1.70. The summed E-state index contributed by atoms with van der Waals surface area (Å²) in [5, 5.41) is 0. The van der Waals surface area contributed by atoms with Gasteiger partial charge in [0.15, 0.2) is 5.60 Å². The van der Waals surface area contributed by atoms with E-state index in [1.807, 2.05) is 0 Å². The minimum absolute atomic E-state index is 0.288. The lowest BCUT2D eigenvalue weighted by molar-refractivity contribution is -0.330. The average molecular weight is 508 g/mol. The molecule has 31 heavy (non-hydrogen) atoms. The maximum atomic E-state index is 13.7. The first kappa shape index (κ1) is 24.0. The lowest BCUT2D eigenvalue weighted by Gasteiger charge is -2.38. The van der Waals surface area contributed by atoms with Gasteiger partial charge in [0.2, 0.25) is 0 Å². The first-order valence-corrected chi connectivity index (χ1v) is 12.4. The van der Waals surface area contributed by atoms with Crippen molar-refractivity contribution in [1.82, 2.24) is 3.97 Å². The molecule has 0 saturated carbocycles. The first-order chi connectivity index (χ1) is 14.1. The Balaban J connectivity index is 2.27. The van der Waals surface area contributed by atoms with Crippen LogP contribution >= 0.6 is 10.7 Å². The van der Waals surface area contributed by atoms with Crippen molar-refractivity contribution in [3.05, 3.63) is 47.3 Å². The molecular formula is C17H15ClF5NO5S2. The number of aryl methyl sites for hydroxylation is 1. The van der Waals surface area contributed by atoms with Crippen LogP contribution in [-0.2, 0) is 36.7 Å². The van der Waals surface area contributed by atoms with Crippen molar-refractivity contribution in [2.45, 2.75) is 54.4 Å². The molecule has 3 rings (SSSR count). The summed E-state index contributed by atoms with van der Waals surface area (Å²) in [7, 11) is -3.77. The Morgan fingerprint density at radius 1 is 1.13 bits per heavy atom. The third kappa shape index (κ3) is 4.32. The highest BCUT2D eigenvalue weighted by Gasteiger charge is 2.60. The first-order valence-electron chi connectivity index (χ1n) is 8.61. The van der Waals surface area contributed by atoms with E-state index in [1.165, 1.54) is 24.3 Å². The fourth-order valence-electron chi connectivity index (χ4n) is 3.50. The molecule has 1 aliphatic carbocycles. The molecule has 172 valence electrons. The van der Waals surface area contributed by atoms with E-state index in [0.29, 0.717) is 15.7 Å². The van der Waals surface area contributed by atoms with Crippen LogP contribution in [-0.4, -0.2) is 39.2 Å². The van der Waals surface area contributed by atoms with E-state index < -0.39 is 67.3 Å². The van der Waals surface area contributed by atoms with Gasteiger partial charge in [-0.3, -0.25) is 0 Å². The number of hydrogen-bond donors (Lipinski definition) is 0. The van der Waals surface area contributed by atoms with Crippen molar-refractivity contribution in [2.75, 3.05) is 0 Å². The van der Waals surface area contributed by atoms with E-state index in [9.17, 15) is 38.8 Å². The fourth-order valence-corrected chi connectivity index (χ4v) is 6.13. The van der Waals surface area contributed by atoms with Crippen molar-refractivity contribution >= 4 is 29.8 Å². The Morgan fingerprint density at radius 3 is 2.19 bits per heavy atom. The number of ether oxygens (including phenoxy) is 1. The molecule has 1 aromatic carbocycles. The molecule has 0 aliphatic heterocycles. The second kappa shape index (κ2) is 7.71. The molecule has 0 amide bonds. The largest absolute Gasteiger partial charge is 0.418 e. The van der Waals surface area contributed by atoms with Crippen LogP contribution in [0.1, 0.15) is 23.2 Å². The normalized spacial score (nSPS) is 20.1. The number of alkyl halides is 5. The number of halogens is 6. The molecule has 1 unspecified atom stereocenters. The number of nitrogens with zero attached hydrogens (tertiary/aromatic N) is 1. The minimum Gasteiger partial charge on any atom is -0.306 e. The number of fused-ring (bicyclic) bond motifs is 1. The Kier molecular flexibility index (Phi) is 5.96. The SMILES string of the molecule is Cc1ccc(S(=O)(=O)n2cc(S(=O)(=O)Cl)c3c2CC(OC(F)F)(C(F)(F)F)CC3)cc1. The third-order valence-corrected chi connectivity index (χ3v) is 8.14. The monoisotopic (exact) mass is 507 g/mol. The van der Waals surface area contributed by atoms with Gasteiger partial charge in [0, 0.05) is 29.0 Å². The summed E-state index contributed by atoms with van der Waals surface area (Å²) in [6.45, 7) is -2.12. The zero-order valence-electron chi connectivity index (χ0n) is 15.7. The maximum Gasteiger partial charge on any atom is 0.418 e. The summed E-state index contributed by atoms with van der Waals surface area (Å²) in [6, 6.07) is 5.23. The van der Waals surface area contributed by atoms with Gasteiger partial charge in [-0.25, -0.2) is 20.8 Å². The quantitative estimate of drug-likeness (QED) is 0.451. The van der Waals surface area contributed by atoms with Crippen LogP contribution in [0, 0.1) is 6.92 Å². The number of rotatable bonds is 5. The van der Waals surface area contributed by atoms with Crippen LogP contribution in [0.25, 0.3) is 0 Å². The van der Waals surface area contributed by atoms with Gasteiger partial charge in [0.1, 0.15) is 4.90 Å².